The molecule has 172 valence electrons. The van der Waals surface area contributed by atoms with E-state index < -0.39 is 27.7 Å². The number of hydrogen-bond donors (Lipinski definition) is 2. The Balaban J connectivity index is 1.87. The molecule has 0 aliphatic carbocycles. The third-order valence-electron chi connectivity index (χ3n) is 4.97. The van der Waals surface area contributed by atoms with Gasteiger partial charge in [0.25, 0.3) is 0 Å². The van der Waals surface area contributed by atoms with Crippen molar-refractivity contribution in [3.8, 4) is 11.5 Å². The van der Waals surface area contributed by atoms with Gasteiger partial charge in [0.1, 0.15) is 17.5 Å². The summed E-state index contributed by atoms with van der Waals surface area (Å²) in [6.07, 6.45) is 0. The van der Waals surface area contributed by atoms with Crippen LogP contribution in [-0.2, 0) is 21.9 Å². The Bertz CT molecular complexity index is 1310. The summed E-state index contributed by atoms with van der Waals surface area (Å²) in [5.74, 6) is -0.612. The molecular formula is C21H25N3O7S. The lowest BCUT2D eigenvalue weighted by molar-refractivity contribution is -0.118. The largest absolute Gasteiger partial charge is 0.497 e. The predicted molar refractivity (Wildman–Crippen MR) is 119 cm³/mol. The number of aryl methyl sites for hydroxylation is 1. The predicted octanol–water partition coefficient (Wildman–Crippen LogP) is 2.09. The second-order valence-electron chi connectivity index (χ2n) is 7.45. The molecule has 3 rings (SSSR count). The summed E-state index contributed by atoms with van der Waals surface area (Å²) in [4.78, 5) is 24.5. The minimum Gasteiger partial charge on any atom is -0.497 e. The van der Waals surface area contributed by atoms with Gasteiger partial charge in [0.05, 0.1) is 30.3 Å². The molecule has 0 saturated heterocycles. The van der Waals surface area contributed by atoms with E-state index in [2.05, 4.69) is 10.0 Å². The van der Waals surface area contributed by atoms with Crippen molar-refractivity contribution in [3.05, 3.63) is 46.9 Å². The third-order valence-corrected chi connectivity index (χ3v) is 6.41. The maximum atomic E-state index is 13.0. The van der Waals surface area contributed by atoms with E-state index in [0.29, 0.717) is 22.7 Å². The molecule has 1 aromatic heterocycles. The van der Waals surface area contributed by atoms with Crippen molar-refractivity contribution >= 4 is 32.7 Å². The third kappa shape index (κ3) is 4.63. The number of rotatable bonds is 8. The van der Waals surface area contributed by atoms with Crippen LogP contribution in [0.5, 0.6) is 11.5 Å². The van der Waals surface area contributed by atoms with Gasteiger partial charge in [-0.15, -0.1) is 0 Å². The van der Waals surface area contributed by atoms with E-state index in [1.54, 1.807) is 32.0 Å². The number of carbonyl (C=O) groups excluding carboxylic acids is 1. The number of carbonyl (C=O) groups is 1. The van der Waals surface area contributed by atoms with Crippen LogP contribution in [0, 0.1) is 5.92 Å². The highest BCUT2D eigenvalue weighted by Crippen LogP contribution is 2.29. The summed E-state index contributed by atoms with van der Waals surface area (Å²) in [6, 6.07) is 7.85. The van der Waals surface area contributed by atoms with Crippen LogP contribution in [0.25, 0.3) is 11.1 Å². The fraction of sp³-hybridized carbons (Fsp3) is 0.333. The SMILES string of the molecule is COc1ccc(NC(=O)C(NS(=O)(=O)c2ccc3c(c2)oc(=O)n3C)C(C)C)c(OC)c1. The van der Waals surface area contributed by atoms with Crippen molar-refractivity contribution in [1.82, 2.24) is 9.29 Å². The summed E-state index contributed by atoms with van der Waals surface area (Å²) < 4.78 is 45.2. The highest BCUT2D eigenvalue weighted by Gasteiger charge is 2.29. The number of anilines is 1. The molecule has 2 N–H and O–H groups in total. The number of sulfonamides is 1. The van der Waals surface area contributed by atoms with E-state index in [0.717, 1.165) is 0 Å². The molecule has 1 amide bonds. The molecule has 1 heterocycles. The highest BCUT2D eigenvalue weighted by molar-refractivity contribution is 7.89. The first-order valence-electron chi connectivity index (χ1n) is 9.72. The summed E-state index contributed by atoms with van der Waals surface area (Å²) >= 11 is 0. The number of nitrogens with zero attached hydrogens (tertiary/aromatic N) is 1. The lowest BCUT2D eigenvalue weighted by Gasteiger charge is -2.22. The van der Waals surface area contributed by atoms with Gasteiger partial charge in [-0.3, -0.25) is 9.36 Å². The van der Waals surface area contributed by atoms with Gasteiger partial charge >= 0.3 is 5.76 Å². The number of amides is 1. The summed E-state index contributed by atoms with van der Waals surface area (Å²) in [5.41, 5.74) is 0.961. The zero-order chi connectivity index (χ0) is 23.6. The monoisotopic (exact) mass is 463 g/mol. The minimum atomic E-state index is -4.10. The fourth-order valence-corrected chi connectivity index (χ4v) is 4.48. The van der Waals surface area contributed by atoms with Crippen LogP contribution in [0.15, 0.2) is 50.5 Å². The van der Waals surface area contributed by atoms with Gasteiger partial charge < -0.3 is 19.2 Å². The summed E-state index contributed by atoms with van der Waals surface area (Å²) in [6.45, 7) is 3.44. The van der Waals surface area contributed by atoms with Gasteiger partial charge in [0.2, 0.25) is 15.9 Å². The molecule has 1 unspecified atom stereocenters. The van der Waals surface area contributed by atoms with E-state index in [9.17, 15) is 18.0 Å². The molecule has 11 heteroatoms. The van der Waals surface area contributed by atoms with Crippen molar-refractivity contribution in [1.29, 1.82) is 0 Å². The number of nitrogens with one attached hydrogen (secondary N) is 2. The minimum absolute atomic E-state index is 0.125. The molecule has 0 aliphatic heterocycles. The standard InChI is InChI=1S/C21H25N3O7S/c1-12(2)19(20(25)22-15-8-6-13(29-4)10-17(15)30-5)23-32(27,28)14-7-9-16-18(11-14)31-21(26)24(16)3/h6-12,19,23H,1-5H3,(H,22,25). The van der Waals surface area contributed by atoms with Crippen LogP contribution in [0.3, 0.4) is 0 Å². The van der Waals surface area contributed by atoms with Gasteiger partial charge in [-0.05, 0) is 30.2 Å². The van der Waals surface area contributed by atoms with Crippen LogP contribution in [0.1, 0.15) is 13.8 Å². The number of oxazole rings is 1. The summed E-state index contributed by atoms with van der Waals surface area (Å²) in [7, 11) is 0.382. The van der Waals surface area contributed by atoms with Crippen molar-refractivity contribution in [2.45, 2.75) is 24.8 Å². The lowest BCUT2D eigenvalue weighted by atomic mass is 10.0. The Hall–Kier alpha value is -3.31. The van der Waals surface area contributed by atoms with Crippen molar-refractivity contribution < 1.29 is 27.1 Å². The van der Waals surface area contributed by atoms with Crippen LogP contribution in [-0.4, -0.2) is 39.2 Å². The lowest BCUT2D eigenvalue weighted by Crippen LogP contribution is -2.47. The van der Waals surface area contributed by atoms with Crippen LogP contribution in [0.4, 0.5) is 5.69 Å². The molecule has 0 radical (unpaired) electrons. The van der Waals surface area contributed by atoms with Crippen molar-refractivity contribution in [2.75, 3.05) is 19.5 Å². The molecule has 0 aliphatic rings. The molecule has 32 heavy (non-hydrogen) atoms. The molecule has 10 nitrogen and oxygen atoms in total. The Labute approximate surface area is 185 Å². The number of methoxy groups -OCH3 is 2. The van der Waals surface area contributed by atoms with Crippen LogP contribution >= 0.6 is 0 Å². The topological polar surface area (TPSA) is 129 Å². The van der Waals surface area contributed by atoms with E-state index in [1.165, 1.54) is 44.0 Å². The Morgan fingerprint density at radius 2 is 1.81 bits per heavy atom. The van der Waals surface area contributed by atoms with Gasteiger partial charge in [0.15, 0.2) is 5.58 Å². The van der Waals surface area contributed by atoms with E-state index >= 15 is 0 Å². The van der Waals surface area contributed by atoms with Gasteiger partial charge in [-0.25, -0.2) is 13.2 Å². The second kappa shape index (κ2) is 9.05. The second-order valence-corrected chi connectivity index (χ2v) is 9.17. The first kappa shape index (κ1) is 23.4. The van der Waals surface area contributed by atoms with E-state index in [-0.39, 0.29) is 16.4 Å². The Morgan fingerprint density at radius 1 is 1.09 bits per heavy atom. The Kier molecular flexibility index (Phi) is 6.60. The number of ether oxygens (including phenoxy) is 2. The van der Waals surface area contributed by atoms with Crippen LogP contribution in [0.2, 0.25) is 0 Å². The Morgan fingerprint density at radius 3 is 2.44 bits per heavy atom. The zero-order valence-electron chi connectivity index (χ0n) is 18.3. The average Bonchev–Trinajstić information content (AvgIpc) is 3.05. The number of benzene rings is 2. The molecule has 0 bridgehead atoms. The maximum absolute atomic E-state index is 13.0. The molecule has 1 atom stereocenters. The molecular weight excluding hydrogens is 438 g/mol. The first-order valence-corrected chi connectivity index (χ1v) is 11.2. The highest BCUT2D eigenvalue weighted by atomic mass is 32.2. The van der Waals surface area contributed by atoms with E-state index in [1.807, 2.05) is 0 Å². The molecule has 2 aromatic carbocycles. The quantitative estimate of drug-likeness (QED) is 0.523. The molecule has 0 fully saturated rings. The first-order chi connectivity index (χ1) is 15.1. The van der Waals surface area contributed by atoms with Gasteiger partial charge in [-0.1, -0.05) is 13.8 Å². The zero-order valence-corrected chi connectivity index (χ0v) is 19.1. The van der Waals surface area contributed by atoms with E-state index in [4.69, 9.17) is 13.9 Å². The number of hydrogen-bond acceptors (Lipinski definition) is 7. The average molecular weight is 464 g/mol. The molecule has 0 saturated carbocycles. The number of fused-ring (bicyclic) bond motifs is 1. The molecule has 3 aromatic rings. The van der Waals surface area contributed by atoms with Crippen LogP contribution < -0.4 is 25.3 Å². The maximum Gasteiger partial charge on any atom is 0.419 e. The van der Waals surface area contributed by atoms with Crippen molar-refractivity contribution in [2.24, 2.45) is 13.0 Å². The van der Waals surface area contributed by atoms with Crippen molar-refractivity contribution in [3.63, 3.8) is 0 Å². The van der Waals surface area contributed by atoms with Gasteiger partial charge in [0, 0.05) is 19.2 Å². The smallest absolute Gasteiger partial charge is 0.419 e. The molecule has 0 spiro atoms. The summed E-state index contributed by atoms with van der Waals surface area (Å²) in [5, 5.41) is 2.70. The normalized spacial score (nSPS) is 12.7. The van der Waals surface area contributed by atoms with Gasteiger partial charge in [-0.2, -0.15) is 4.72 Å². The fourth-order valence-electron chi connectivity index (χ4n) is 3.12. The number of aromatic nitrogens is 1.